The van der Waals surface area contributed by atoms with Gasteiger partial charge in [-0.1, -0.05) is 13.3 Å². The van der Waals surface area contributed by atoms with Gasteiger partial charge in [-0.25, -0.2) is 0 Å². The molecule has 1 N–H and O–H groups in total. The van der Waals surface area contributed by atoms with Crippen molar-refractivity contribution in [2.75, 3.05) is 13.1 Å². The second-order valence-corrected chi connectivity index (χ2v) is 4.92. The monoisotopic (exact) mass is 267 g/mol. The Morgan fingerprint density at radius 3 is 2.56 bits per heavy atom. The zero-order valence-corrected chi connectivity index (χ0v) is 10.5. The number of halogens is 3. The van der Waals surface area contributed by atoms with E-state index in [4.69, 9.17) is 5.11 Å². The van der Waals surface area contributed by atoms with Crippen molar-refractivity contribution in [2.24, 2.45) is 5.92 Å². The van der Waals surface area contributed by atoms with Crippen LogP contribution in [0.5, 0.6) is 0 Å². The van der Waals surface area contributed by atoms with Crippen LogP contribution in [0, 0.1) is 5.92 Å². The van der Waals surface area contributed by atoms with Crippen molar-refractivity contribution in [3.63, 3.8) is 0 Å². The standard InChI is InChI=1S/C12H20F3NO2/c1-2-6-16(8-11(17)18)10-5-3-4-9(7-10)12(13,14)15/h9-10H,2-8H2,1H3,(H,17,18). The molecule has 1 aliphatic rings. The summed E-state index contributed by atoms with van der Waals surface area (Å²) >= 11 is 0. The van der Waals surface area contributed by atoms with Gasteiger partial charge in [-0.05, 0) is 32.2 Å². The molecule has 3 nitrogen and oxygen atoms in total. The fraction of sp³-hybridized carbons (Fsp3) is 0.917. The Hall–Kier alpha value is -0.780. The van der Waals surface area contributed by atoms with E-state index in [0.717, 1.165) is 6.42 Å². The van der Waals surface area contributed by atoms with Crippen molar-refractivity contribution in [3.8, 4) is 0 Å². The van der Waals surface area contributed by atoms with Gasteiger partial charge < -0.3 is 5.11 Å². The number of aliphatic carboxylic acids is 1. The van der Waals surface area contributed by atoms with Gasteiger partial charge in [0.15, 0.2) is 0 Å². The van der Waals surface area contributed by atoms with Gasteiger partial charge in [0.05, 0.1) is 12.5 Å². The summed E-state index contributed by atoms with van der Waals surface area (Å²) in [6.45, 7) is 2.28. The first-order valence-corrected chi connectivity index (χ1v) is 6.37. The summed E-state index contributed by atoms with van der Waals surface area (Å²) in [5.74, 6) is -2.25. The lowest BCUT2D eigenvalue weighted by Gasteiger charge is -2.37. The van der Waals surface area contributed by atoms with Crippen LogP contribution in [0.25, 0.3) is 0 Å². The van der Waals surface area contributed by atoms with Gasteiger partial charge in [-0.15, -0.1) is 0 Å². The molecule has 1 saturated carbocycles. The van der Waals surface area contributed by atoms with Gasteiger partial charge in [0, 0.05) is 6.04 Å². The SMILES string of the molecule is CCCN(CC(=O)O)C1CCCC(C(F)(F)F)C1. The number of nitrogens with zero attached hydrogens (tertiary/aromatic N) is 1. The van der Waals surface area contributed by atoms with Crippen LogP contribution in [0.1, 0.15) is 39.0 Å². The smallest absolute Gasteiger partial charge is 0.391 e. The molecular formula is C12H20F3NO2. The van der Waals surface area contributed by atoms with Crippen LogP contribution in [0.3, 0.4) is 0 Å². The predicted octanol–water partition coefficient (Wildman–Crippen LogP) is 2.90. The molecule has 0 aromatic carbocycles. The zero-order chi connectivity index (χ0) is 13.8. The molecule has 0 saturated heterocycles. The number of carbonyl (C=O) groups is 1. The maximum atomic E-state index is 12.7. The highest BCUT2D eigenvalue weighted by Gasteiger charge is 2.43. The van der Waals surface area contributed by atoms with Crippen LogP contribution in [0.2, 0.25) is 0 Å². The maximum Gasteiger partial charge on any atom is 0.391 e. The van der Waals surface area contributed by atoms with E-state index in [1.807, 2.05) is 6.92 Å². The summed E-state index contributed by atoms with van der Waals surface area (Å²) in [7, 11) is 0. The molecule has 0 aliphatic heterocycles. The zero-order valence-electron chi connectivity index (χ0n) is 10.5. The fourth-order valence-corrected chi connectivity index (χ4v) is 2.64. The number of alkyl halides is 3. The summed E-state index contributed by atoms with van der Waals surface area (Å²) in [5, 5.41) is 8.80. The minimum Gasteiger partial charge on any atom is -0.480 e. The average Bonchev–Trinajstić information content (AvgIpc) is 2.27. The molecule has 1 fully saturated rings. The predicted molar refractivity (Wildman–Crippen MR) is 61.3 cm³/mol. The Balaban J connectivity index is 2.64. The van der Waals surface area contributed by atoms with Gasteiger partial charge in [-0.2, -0.15) is 13.2 Å². The summed E-state index contributed by atoms with van der Waals surface area (Å²) in [4.78, 5) is 12.4. The molecule has 0 aromatic heterocycles. The van der Waals surface area contributed by atoms with Crippen LogP contribution in [-0.2, 0) is 4.79 Å². The first kappa shape index (κ1) is 15.3. The molecule has 1 aliphatic carbocycles. The third-order valence-electron chi connectivity index (χ3n) is 3.48. The molecule has 2 atom stereocenters. The largest absolute Gasteiger partial charge is 0.480 e. The van der Waals surface area contributed by atoms with Crippen molar-refractivity contribution in [2.45, 2.75) is 51.2 Å². The number of rotatable bonds is 5. The lowest BCUT2D eigenvalue weighted by atomic mass is 9.84. The van der Waals surface area contributed by atoms with Crippen molar-refractivity contribution in [3.05, 3.63) is 0 Å². The van der Waals surface area contributed by atoms with E-state index in [1.54, 1.807) is 4.90 Å². The van der Waals surface area contributed by atoms with E-state index in [0.29, 0.717) is 19.4 Å². The first-order chi connectivity index (χ1) is 8.34. The number of hydrogen-bond donors (Lipinski definition) is 1. The summed E-state index contributed by atoms with van der Waals surface area (Å²) in [6.07, 6.45) is -2.00. The van der Waals surface area contributed by atoms with Crippen LogP contribution >= 0.6 is 0 Å². The molecule has 0 radical (unpaired) electrons. The van der Waals surface area contributed by atoms with Gasteiger partial charge in [-0.3, -0.25) is 9.69 Å². The van der Waals surface area contributed by atoms with Gasteiger partial charge in [0.1, 0.15) is 0 Å². The second kappa shape index (κ2) is 6.41. The van der Waals surface area contributed by atoms with E-state index in [9.17, 15) is 18.0 Å². The fourth-order valence-electron chi connectivity index (χ4n) is 2.64. The number of carboxylic acids is 1. The molecule has 2 unspecified atom stereocenters. The number of hydrogen-bond acceptors (Lipinski definition) is 2. The minimum atomic E-state index is -4.15. The van der Waals surface area contributed by atoms with E-state index in [1.165, 1.54) is 0 Å². The highest BCUT2D eigenvalue weighted by molar-refractivity contribution is 5.69. The summed E-state index contributed by atoms with van der Waals surface area (Å²) < 4.78 is 38.1. The Morgan fingerprint density at radius 1 is 1.39 bits per heavy atom. The minimum absolute atomic E-state index is 0.0385. The van der Waals surface area contributed by atoms with Crippen LogP contribution in [0.15, 0.2) is 0 Å². The third-order valence-corrected chi connectivity index (χ3v) is 3.48. The normalized spacial score (nSPS) is 25.4. The Kier molecular flexibility index (Phi) is 5.44. The molecule has 0 heterocycles. The van der Waals surface area contributed by atoms with E-state index in [2.05, 4.69) is 0 Å². The first-order valence-electron chi connectivity index (χ1n) is 6.37. The van der Waals surface area contributed by atoms with Crippen molar-refractivity contribution in [1.82, 2.24) is 4.90 Å². The molecule has 0 aromatic rings. The van der Waals surface area contributed by atoms with E-state index < -0.39 is 18.1 Å². The molecule has 18 heavy (non-hydrogen) atoms. The van der Waals surface area contributed by atoms with Crippen molar-refractivity contribution < 1.29 is 23.1 Å². The molecule has 0 bridgehead atoms. The molecular weight excluding hydrogens is 247 g/mol. The Morgan fingerprint density at radius 2 is 2.06 bits per heavy atom. The summed E-state index contributed by atoms with van der Waals surface area (Å²) in [5.41, 5.74) is 0. The molecule has 0 amide bonds. The molecule has 1 rings (SSSR count). The van der Waals surface area contributed by atoms with Crippen LogP contribution in [-0.4, -0.2) is 41.3 Å². The summed E-state index contributed by atoms with van der Waals surface area (Å²) in [6, 6.07) is -0.249. The quantitative estimate of drug-likeness (QED) is 0.832. The topological polar surface area (TPSA) is 40.5 Å². The third kappa shape index (κ3) is 4.48. The number of carboxylic acid groups (broad SMARTS) is 1. The Bertz CT molecular complexity index is 281. The van der Waals surface area contributed by atoms with Gasteiger partial charge in [0.25, 0.3) is 0 Å². The molecule has 106 valence electrons. The lowest BCUT2D eigenvalue weighted by molar-refractivity contribution is -0.186. The van der Waals surface area contributed by atoms with E-state index in [-0.39, 0.29) is 25.4 Å². The highest BCUT2D eigenvalue weighted by Crippen LogP contribution is 2.38. The van der Waals surface area contributed by atoms with Crippen LogP contribution in [0.4, 0.5) is 13.2 Å². The van der Waals surface area contributed by atoms with Crippen LogP contribution < -0.4 is 0 Å². The average molecular weight is 267 g/mol. The lowest BCUT2D eigenvalue weighted by Crippen LogP contribution is -2.44. The molecule has 6 heteroatoms. The van der Waals surface area contributed by atoms with E-state index >= 15 is 0 Å². The van der Waals surface area contributed by atoms with Gasteiger partial charge in [0.2, 0.25) is 0 Å². The van der Waals surface area contributed by atoms with Crippen molar-refractivity contribution in [1.29, 1.82) is 0 Å². The highest BCUT2D eigenvalue weighted by atomic mass is 19.4. The molecule has 0 spiro atoms. The maximum absolute atomic E-state index is 12.7. The van der Waals surface area contributed by atoms with Gasteiger partial charge >= 0.3 is 12.1 Å². The van der Waals surface area contributed by atoms with Crippen molar-refractivity contribution >= 4 is 5.97 Å². The Labute approximate surface area is 105 Å². The second-order valence-electron chi connectivity index (χ2n) is 4.92.